The predicted molar refractivity (Wildman–Crippen MR) is 49.6 cm³/mol. The molecule has 2 aromatic rings. The Kier molecular flexibility index (Phi) is 2.16. The quantitative estimate of drug-likeness (QED) is 0.733. The summed E-state index contributed by atoms with van der Waals surface area (Å²) in [5.74, 6) is 0. The molecule has 0 amide bonds. The Bertz CT molecular complexity index is 426. The van der Waals surface area contributed by atoms with Crippen molar-refractivity contribution in [1.29, 1.82) is 0 Å². The molecule has 2 aromatic heterocycles. The Morgan fingerprint density at radius 2 is 2.31 bits per heavy atom. The zero-order valence-electron chi connectivity index (χ0n) is 6.81. The van der Waals surface area contributed by atoms with Gasteiger partial charge in [-0.3, -0.25) is 0 Å². The summed E-state index contributed by atoms with van der Waals surface area (Å²) in [6, 6.07) is 1.85. The van der Waals surface area contributed by atoms with Crippen LogP contribution in [-0.4, -0.2) is 26.2 Å². The summed E-state index contributed by atoms with van der Waals surface area (Å²) < 4.78 is 1.83. The molecule has 0 atom stereocenters. The summed E-state index contributed by atoms with van der Waals surface area (Å²) >= 11 is 5.89. The van der Waals surface area contributed by atoms with E-state index < -0.39 is 0 Å². The third-order valence-electron chi connectivity index (χ3n) is 1.85. The van der Waals surface area contributed by atoms with Crippen LogP contribution in [0.3, 0.4) is 0 Å². The van der Waals surface area contributed by atoms with Crippen molar-refractivity contribution in [3.8, 4) is 0 Å². The number of halogens is 1. The average Bonchev–Trinajstić information content (AvgIpc) is 2.51. The van der Waals surface area contributed by atoms with Gasteiger partial charge in [0.25, 0.3) is 0 Å². The van der Waals surface area contributed by atoms with Gasteiger partial charge in [0.15, 0.2) is 5.15 Å². The fourth-order valence-electron chi connectivity index (χ4n) is 1.29. The number of rotatable bonds is 2. The molecule has 4 nitrogen and oxygen atoms in total. The van der Waals surface area contributed by atoms with Gasteiger partial charge in [0.1, 0.15) is 11.8 Å². The third kappa shape index (κ3) is 1.38. The molecule has 2 heterocycles. The SMILES string of the molecule is OCCn1ccc2ncnc(Cl)c21. The van der Waals surface area contributed by atoms with E-state index in [0.717, 1.165) is 11.0 Å². The molecule has 0 saturated carbocycles. The first-order valence-corrected chi connectivity index (χ1v) is 4.27. The van der Waals surface area contributed by atoms with Crippen LogP contribution in [0, 0.1) is 0 Å². The van der Waals surface area contributed by atoms with Gasteiger partial charge in [-0.25, -0.2) is 9.97 Å². The van der Waals surface area contributed by atoms with Crippen molar-refractivity contribution in [3.05, 3.63) is 23.7 Å². The van der Waals surface area contributed by atoms with Crippen molar-refractivity contribution in [1.82, 2.24) is 14.5 Å². The molecule has 68 valence electrons. The molecular weight excluding hydrogens is 190 g/mol. The Morgan fingerprint density at radius 3 is 3.08 bits per heavy atom. The summed E-state index contributed by atoms with van der Waals surface area (Å²) in [5, 5.41) is 9.20. The molecule has 0 unspecified atom stereocenters. The van der Waals surface area contributed by atoms with Gasteiger partial charge >= 0.3 is 0 Å². The maximum atomic E-state index is 8.78. The standard InChI is InChI=1S/C8H8ClN3O/c9-8-7-6(10-5-11-8)1-2-12(7)3-4-13/h1-2,5,13H,3-4H2. The van der Waals surface area contributed by atoms with Crippen LogP contribution < -0.4 is 0 Å². The van der Waals surface area contributed by atoms with Crippen molar-refractivity contribution in [2.75, 3.05) is 6.61 Å². The minimum atomic E-state index is 0.0784. The second-order valence-electron chi connectivity index (χ2n) is 2.63. The minimum absolute atomic E-state index is 0.0784. The third-order valence-corrected chi connectivity index (χ3v) is 2.12. The normalized spacial score (nSPS) is 10.9. The molecule has 0 bridgehead atoms. The monoisotopic (exact) mass is 197 g/mol. The Balaban J connectivity index is 2.64. The second kappa shape index (κ2) is 3.32. The molecule has 0 fully saturated rings. The molecular formula is C8H8ClN3O. The molecule has 1 N–H and O–H groups in total. The van der Waals surface area contributed by atoms with E-state index in [1.165, 1.54) is 6.33 Å². The van der Waals surface area contributed by atoms with Gasteiger partial charge in [-0.05, 0) is 6.07 Å². The number of hydrogen-bond acceptors (Lipinski definition) is 3. The Labute approximate surface area is 79.8 Å². The maximum Gasteiger partial charge on any atom is 0.156 e. The van der Waals surface area contributed by atoms with Crippen LogP contribution >= 0.6 is 11.6 Å². The Hall–Kier alpha value is -1.13. The summed E-state index contributed by atoms with van der Waals surface area (Å²) in [7, 11) is 0. The van der Waals surface area contributed by atoms with Crippen LogP contribution in [0.2, 0.25) is 5.15 Å². The van der Waals surface area contributed by atoms with E-state index in [-0.39, 0.29) is 6.61 Å². The maximum absolute atomic E-state index is 8.78. The summed E-state index contributed by atoms with van der Waals surface area (Å²) in [6.07, 6.45) is 3.26. The lowest BCUT2D eigenvalue weighted by Crippen LogP contribution is -2.00. The molecule has 0 aliphatic rings. The molecule has 0 radical (unpaired) electrons. The average molecular weight is 198 g/mol. The summed E-state index contributed by atoms with van der Waals surface area (Å²) in [6.45, 7) is 0.589. The van der Waals surface area contributed by atoms with Gasteiger partial charge in [0.05, 0.1) is 12.1 Å². The van der Waals surface area contributed by atoms with Crippen LogP contribution in [0.4, 0.5) is 0 Å². The minimum Gasteiger partial charge on any atom is -0.395 e. The van der Waals surface area contributed by atoms with Crippen molar-refractivity contribution < 1.29 is 5.11 Å². The van der Waals surface area contributed by atoms with Crippen LogP contribution in [0.15, 0.2) is 18.6 Å². The fourth-order valence-corrected chi connectivity index (χ4v) is 1.54. The molecule has 0 spiro atoms. The van der Waals surface area contributed by atoms with Gasteiger partial charge in [-0.2, -0.15) is 0 Å². The number of aliphatic hydroxyl groups is 1. The van der Waals surface area contributed by atoms with Crippen molar-refractivity contribution in [2.45, 2.75) is 6.54 Å². The summed E-state index contributed by atoms with van der Waals surface area (Å²) in [5.41, 5.74) is 1.58. The zero-order chi connectivity index (χ0) is 9.26. The highest BCUT2D eigenvalue weighted by Gasteiger charge is 2.05. The van der Waals surface area contributed by atoms with Gasteiger partial charge in [0.2, 0.25) is 0 Å². The van der Waals surface area contributed by atoms with Crippen molar-refractivity contribution >= 4 is 22.6 Å². The van der Waals surface area contributed by atoms with Crippen LogP contribution in [0.5, 0.6) is 0 Å². The van der Waals surface area contributed by atoms with Gasteiger partial charge in [-0.1, -0.05) is 11.6 Å². The van der Waals surface area contributed by atoms with E-state index in [1.54, 1.807) is 0 Å². The molecule has 0 aromatic carbocycles. The van der Waals surface area contributed by atoms with Crippen LogP contribution in [0.1, 0.15) is 0 Å². The number of aromatic nitrogens is 3. The summed E-state index contributed by atoms with van der Waals surface area (Å²) in [4.78, 5) is 7.92. The highest BCUT2D eigenvalue weighted by molar-refractivity contribution is 6.33. The highest BCUT2D eigenvalue weighted by atomic mass is 35.5. The lowest BCUT2D eigenvalue weighted by atomic mass is 10.4. The molecule has 5 heteroatoms. The van der Waals surface area contributed by atoms with Crippen LogP contribution in [0.25, 0.3) is 11.0 Å². The lowest BCUT2D eigenvalue weighted by Gasteiger charge is -2.01. The van der Waals surface area contributed by atoms with Gasteiger partial charge < -0.3 is 9.67 Å². The van der Waals surface area contributed by atoms with Gasteiger partial charge in [0, 0.05) is 12.7 Å². The number of hydrogen-bond donors (Lipinski definition) is 1. The van der Waals surface area contributed by atoms with E-state index in [9.17, 15) is 0 Å². The first-order valence-electron chi connectivity index (χ1n) is 3.89. The Morgan fingerprint density at radius 1 is 1.46 bits per heavy atom. The van der Waals surface area contributed by atoms with E-state index in [2.05, 4.69) is 9.97 Å². The lowest BCUT2D eigenvalue weighted by molar-refractivity contribution is 0.278. The van der Waals surface area contributed by atoms with E-state index in [0.29, 0.717) is 11.7 Å². The topological polar surface area (TPSA) is 50.9 Å². The largest absolute Gasteiger partial charge is 0.395 e. The predicted octanol–water partition coefficient (Wildman–Crippen LogP) is 1.08. The first kappa shape index (κ1) is 8.47. The number of fused-ring (bicyclic) bond motifs is 1. The van der Waals surface area contributed by atoms with E-state index in [1.807, 2.05) is 16.8 Å². The highest BCUT2D eigenvalue weighted by Crippen LogP contribution is 2.19. The smallest absolute Gasteiger partial charge is 0.156 e. The van der Waals surface area contributed by atoms with Crippen molar-refractivity contribution in [2.24, 2.45) is 0 Å². The number of aliphatic hydroxyl groups excluding tert-OH is 1. The fraction of sp³-hybridized carbons (Fsp3) is 0.250. The van der Waals surface area contributed by atoms with E-state index in [4.69, 9.17) is 16.7 Å². The first-order chi connectivity index (χ1) is 6.33. The molecule has 0 saturated heterocycles. The van der Waals surface area contributed by atoms with Gasteiger partial charge in [-0.15, -0.1) is 0 Å². The molecule has 2 rings (SSSR count). The van der Waals surface area contributed by atoms with Crippen molar-refractivity contribution in [3.63, 3.8) is 0 Å². The molecule has 0 aliphatic heterocycles. The molecule has 0 aliphatic carbocycles. The van der Waals surface area contributed by atoms with Crippen LogP contribution in [-0.2, 0) is 6.54 Å². The number of nitrogens with zero attached hydrogens (tertiary/aromatic N) is 3. The zero-order valence-corrected chi connectivity index (χ0v) is 7.57. The second-order valence-corrected chi connectivity index (χ2v) is 2.99. The molecule has 13 heavy (non-hydrogen) atoms. The van der Waals surface area contributed by atoms with E-state index >= 15 is 0 Å².